The van der Waals surface area contributed by atoms with E-state index in [0.29, 0.717) is 56.8 Å². The molecule has 2 bridgehead atoms. The van der Waals surface area contributed by atoms with Crippen molar-refractivity contribution in [1.29, 1.82) is 0 Å². The first kappa shape index (κ1) is 36.7. The van der Waals surface area contributed by atoms with E-state index in [9.17, 15) is 19.5 Å². The van der Waals surface area contributed by atoms with Gasteiger partial charge in [-0.2, -0.15) is 0 Å². The molecule has 9 nitrogen and oxygen atoms in total. The average molecular weight is 652 g/mol. The largest absolute Gasteiger partial charge is 0.494 e. The van der Waals surface area contributed by atoms with Gasteiger partial charge in [0, 0.05) is 37.5 Å². The topological polar surface area (TPSA) is 99.6 Å². The highest BCUT2D eigenvalue weighted by Crippen LogP contribution is 2.59. The molecule has 5 atom stereocenters. The van der Waals surface area contributed by atoms with Crippen LogP contribution < -0.4 is 9.64 Å². The lowest BCUT2D eigenvalue weighted by molar-refractivity contribution is -0.152. The van der Waals surface area contributed by atoms with Gasteiger partial charge in [-0.15, -0.1) is 13.2 Å². The standard InChI is InChI=1S/C38H57N3O6/c1-9-22-39(27-16-18-28(19-17-27)46-11-3)33(43)30-29-20-21-38(47-29)31(30)34(44)40(24-14-12-13-15-25-42)32(38)35(45)41(23-10-2)37(7,8)26-36(4,5)6/h9-10,16-19,29-32,42H,1-2,11-15,20-26H2,3-8H3/t29-,30+,31+,32?,38?/m1/s1. The second-order valence-corrected chi connectivity index (χ2v) is 15.2. The summed E-state index contributed by atoms with van der Waals surface area (Å²) in [6.07, 6.45) is 7.93. The van der Waals surface area contributed by atoms with Crippen molar-refractivity contribution in [2.45, 2.75) is 110 Å². The lowest BCUT2D eigenvalue weighted by atomic mass is 9.70. The van der Waals surface area contributed by atoms with Crippen molar-refractivity contribution in [3.05, 3.63) is 49.6 Å². The summed E-state index contributed by atoms with van der Waals surface area (Å²) in [6.45, 7) is 22.1. The van der Waals surface area contributed by atoms with Crippen LogP contribution in [0.4, 0.5) is 5.69 Å². The summed E-state index contributed by atoms with van der Waals surface area (Å²) >= 11 is 0. The van der Waals surface area contributed by atoms with Gasteiger partial charge in [-0.1, -0.05) is 45.8 Å². The van der Waals surface area contributed by atoms with E-state index in [4.69, 9.17) is 9.47 Å². The first-order chi connectivity index (χ1) is 22.3. The second kappa shape index (κ2) is 14.9. The third kappa shape index (κ3) is 7.46. The molecular weight excluding hydrogens is 594 g/mol. The second-order valence-electron chi connectivity index (χ2n) is 15.2. The molecule has 47 heavy (non-hydrogen) atoms. The summed E-state index contributed by atoms with van der Waals surface area (Å²) in [7, 11) is 0. The van der Waals surface area contributed by atoms with Crippen molar-refractivity contribution in [3.8, 4) is 5.75 Å². The molecule has 1 aromatic rings. The van der Waals surface area contributed by atoms with Crippen molar-refractivity contribution >= 4 is 23.4 Å². The van der Waals surface area contributed by atoms with Gasteiger partial charge in [0.1, 0.15) is 17.4 Å². The monoisotopic (exact) mass is 651 g/mol. The predicted octanol–water partition coefficient (Wildman–Crippen LogP) is 5.76. The Morgan fingerprint density at radius 1 is 1.04 bits per heavy atom. The number of nitrogens with zero attached hydrogens (tertiary/aromatic N) is 3. The number of carbonyl (C=O) groups excluding carboxylic acids is 3. The minimum atomic E-state index is -1.08. The fourth-order valence-corrected chi connectivity index (χ4v) is 8.53. The number of aliphatic hydroxyl groups is 1. The molecule has 3 aliphatic rings. The number of amides is 3. The van der Waals surface area contributed by atoms with Crippen LogP contribution in [-0.4, -0.2) is 88.8 Å². The van der Waals surface area contributed by atoms with E-state index in [-0.39, 0.29) is 36.3 Å². The zero-order valence-electron chi connectivity index (χ0n) is 29.5. The van der Waals surface area contributed by atoms with Gasteiger partial charge in [0.2, 0.25) is 17.7 Å². The van der Waals surface area contributed by atoms with Crippen molar-refractivity contribution in [3.63, 3.8) is 0 Å². The number of unbranched alkanes of at least 4 members (excludes halogenated alkanes) is 3. The van der Waals surface area contributed by atoms with E-state index in [1.165, 1.54) is 0 Å². The summed E-state index contributed by atoms with van der Waals surface area (Å²) in [6, 6.07) is 6.54. The van der Waals surface area contributed by atoms with Gasteiger partial charge in [0.05, 0.1) is 24.5 Å². The number of likely N-dealkylation sites (tertiary alicyclic amines) is 1. The van der Waals surface area contributed by atoms with Crippen LogP contribution in [0.5, 0.6) is 5.75 Å². The van der Waals surface area contributed by atoms with E-state index in [0.717, 1.165) is 19.3 Å². The molecule has 1 spiro atoms. The molecule has 4 rings (SSSR count). The van der Waals surface area contributed by atoms with Gasteiger partial charge >= 0.3 is 0 Å². The molecule has 3 fully saturated rings. The zero-order chi connectivity index (χ0) is 34.6. The Balaban J connectivity index is 1.73. The maximum absolute atomic E-state index is 15.0. The Kier molecular flexibility index (Phi) is 11.7. The molecule has 3 aliphatic heterocycles. The molecule has 0 saturated carbocycles. The first-order valence-electron chi connectivity index (χ1n) is 17.4. The Labute approximate surface area is 281 Å². The number of ether oxygens (including phenoxy) is 2. The predicted molar refractivity (Wildman–Crippen MR) is 185 cm³/mol. The summed E-state index contributed by atoms with van der Waals surface area (Å²) in [5.74, 6) is -1.27. The average Bonchev–Trinajstić information content (AvgIpc) is 3.64. The summed E-state index contributed by atoms with van der Waals surface area (Å²) in [5, 5.41) is 9.28. The summed E-state index contributed by atoms with van der Waals surface area (Å²) < 4.78 is 12.4. The number of anilines is 1. The zero-order valence-corrected chi connectivity index (χ0v) is 29.5. The summed E-state index contributed by atoms with van der Waals surface area (Å²) in [5.41, 5.74) is -0.957. The van der Waals surface area contributed by atoms with Crippen LogP contribution in [0.25, 0.3) is 0 Å². The highest BCUT2D eigenvalue weighted by atomic mass is 16.5. The Hall–Kier alpha value is -3.17. The molecule has 2 unspecified atom stereocenters. The molecule has 0 radical (unpaired) electrons. The number of rotatable bonds is 17. The fraction of sp³-hybridized carbons (Fsp3) is 0.658. The van der Waals surface area contributed by atoms with Crippen LogP contribution in [0.15, 0.2) is 49.6 Å². The molecule has 1 N–H and O–H groups in total. The quantitative estimate of drug-likeness (QED) is 0.170. The molecule has 9 heteroatoms. The first-order valence-corrected chi connectivity index (χ1v) is 17.4. The van der Waals surface area contributed by atoms with E-state index in [2.05, 4.69) is 47.8 Å². The molecule has 3 amide bonds. The van der Waals surface area contributed by atoms with Crippen LogP contribution in [0.3, 0.4) is 0 Å². The van der Waals surface area contributed by atoms with E-state index in [1.807, 2.05) is 36.1 Å². The maximum Gasteiger partial charge on any atom is 0.249 e. The number of hydrogen-bond acceptors (Lipinski definition) is 6. The number of carbonyl (C=O) groups is 3. The third-order valence-corrected chi connectivity index (χ3v) is 9.93. The number of aliphatic hydroxyl groups excluding tert-OH is 1. The minimum Gasteiger partial charge on any atom is -0.494 e. The Morgan fingerprint density at radius 3 is 2.30 bits per heavy atom. The fourth-order valence-electron chi connectivity index (χ4n) is 8.53. The van der Waals surface area contributed by atoms with E-state index in [1.54, 1.807) is 22.0 Å². The number of benzene rings is 1. The number of hydrogen-bond donors (Lipinski definition) is 1. The highest BCUT2D eigenvalue weighted by molar-refractivity contribution is 6.03. The van der Waals surface area contributed by atoms with Gasteiger partial charge in [-0.05, 0) is 82.6 Å². The Morgan fingerprint density at radius 2 is 1.70 bits per heavy atom. The summed E-state index contributed by atoms with van der Waals surface area (Å²) in [4.78, 5) is 49.4. The van der Waals surface area contributed by atoms with Crippen molar-refractivity contribution in [1.82, 2.24) is 9.80 Å². The molecule has 0 aliphatic carbocycles. The molecule has 1 aromatic carbocycles. The van der Waals surface area contributed by atoms with Crippen molar-refractivity contribution in [2.75, 3.05) is 37.7 Å². The molecular formula is C38H57N3O6. The molecule has 3 saturated heterocycles. The van der Waals surface area contributed by atoms with E-state index < -0.39 is 35.1 Å². The molecule has 0 aromatic heterocycles. The van der Waals surface area contributed by atoms with Gasteiger partial charge in [0.25, 0.3) is 0 Å². The van der Waals surface area contributed by atoms with Crippen LogP contribution in [0.2, 0.25) is 0 Å². The molecule has 3 heterocycles. The SMILES string of the molecule is C=CCN(C(=O)[C@@H]1[C@H]2C(=O)N(CCCCCCO)C(C(=O)N(CC=C)C(C)(C)CC(C)(C)C)C23CC[C@H]1O3)c1ccc(OCC)cc1. The van der Waals surface area contributed by atoms with Crippen molar-refractivity contribution in [2.24, 2.45) is 17.3 Å². The normalized spacial score (nSPS) is 25.1. The molecule has 260 valence electrons. The third-order valence-electron chi connectivity index (χ3n) is 9.93. The highest BCUT2D eigenvalue weighted by Gasteiger charge is 2.75. The number of fused-ring (bicyclic) bond motifs is 1. The lowest BCUT2D eigenvalue weighted by Gasteiger charge is -2.45. The van der Waals surface area contributed by atoms with Gasteiger partial charge in [-0.3, -0.25) is 14.4 Å². The van der Waals surface area contributed by atoms with E-state index >= 15 is 0 Å². The van der Waals surface area contributed by atoms with Crippen LogP contribution in [0.1, 0.15) is 86.5 Å². The van der Waals surface area contributed by atoms with Crippen LogP contribution in [0, 0.1) is 17.3 Å². The van der Waals surface area contributed by atoms with Crippen LogP contribution in [-0.2, 0) is 19.1 Å². The van der Waals surface area contributed by atoms with Gasteiger partial charge < -0.3 is 29.3 Å². The lowest BCUT2D eigenvalue weighted by Crippen LogP contribution is -2.61. The Bertz CT molecular complexity index is 1290. The van der Waals surface area contributed by atoms with Crippen molar-refractivity contribution < 1.29 is 29.0 Å². The van der Waals surface area contributed by atoms with Crippen LogP contribution >= 0.6 is 0 Å². The smallest absolute Gasteiger partial charge is 0.249 e. The van der Waals surface area contributed by atoms with Gasteiger partial charge in [0.15, 0.2) is 0 Å². The maximum atomic E-state index is 15.0. The van der Waals surface area contributed by atoms with Gasteiger partial charge in [-0.25, -0.2) is 0 Å². The minimum absolute atomic E-state index is 0.0444.